The minimum atomic E-state index is -0.843. The Balaban J connectivity index is 1.92. The van der Waals surface area contributed by atoms with Crippen LogP contribution in [0, 0.1) is 11.8 Å². The van der Waals surface area contributed by atoms with E-state index in [9.17, 15) is 9.59 Å². The first-order valence-electron chi connectivity index (χ1n) is 7.06. The summed E-state index contributed by atoms with van der Waals surface area (Å²) in [7, 11) is 0. The van der Waals surface area contributed by atoms with Crippen LogP contribution in [0.5, 0.6) is 0 Å². The van der Waals surface area contributed by atoms with Crippen LogP contribution in [0.25, 0.3) is 0 Å². The molecule has 0 bridgehead atoms. The van der Waals surface area contributed by atoms with Crippen molar-refractivity contribution >= 4 is 11.9 Å². The van der Waals surface area contributed by atoms with E-state index in [0.717, 1.165) is 19.3 Å². The highest BCUT2D eigenvalue weighted by Crippen LogP contribution is 2.33. The fraction of sp³-hybridized carbons (Fsp3) is 0.857. The first-order chi connectivity index (χ1) is 8.89. The van der Waals surface area contributed by atoms with Gasteiger partial charge >= 0.3 is 5.97 Å². The summed E-state index contributed by atoms with van der Waals surface area (Å²) < 4.78 is 5.62. The molecule has 1 heterocycles. The summed E-state index contributed by atoms with van der Waals surface area (Å²) in [6.07, 6.45) is 3.72. The van der Waals surface area contributed by atoms with Crippen LogP contribution in [-0.2, 0) is 14.3 Å². The first-order valence-corrected chi connectivity index (χ1v) is 7.06. The maximum absolute atomic E-state index is 12.2. The molecule has 0 radical (unpaired) electrons. The van der Waals surface area contributed by atoms with E-state index in [1.807, 2.05) is 13.8 Å². The van der Waals surface area contributed by atoms with Gasteiger partial charge < -0.3 is 15.2 Å². The van der Waals surface area contributed by atoms with Crippen molar-refractivity contribution in [2.75, 3.05) is 6.61 Å². The van der Waals surface area contributed by atoms with Crippen molar-refractivity contribution in [3.8, 4) is 0 Å². The number of carboxylic acid groups (broad SMARTS) is 1. The second kappa shape index (κ2) is 5.49. The molecule has 0 aromatic carbocycles. The first kappa shape index (κ1) is 14.3. The monoisotopic (exact) mass is 269 g/mol. The molecule has 2 aliphatic rings. The zero-order valence-corrected chi connectivity index (χ0v) is 11.6. The van der Waals surface area contributed by atoms with Crippen molar-refractivity contribution in [1.82, 2.24) is 5.32 Å². The topological polar surface area (TPSA) is 75.6 Å². The Hall–Kier alpha value is -1.10. The minimum absolute atomic E-state index is 0.0902. The molecule has 5 nitrogen and oxygen atoms in total. The third-order valence-electron chi connectivity index (χ3n) is 4.21. The molecular weight excluding hydrogens is 246 g/mol. The van der Waals surface area contributed by atoms with Gasteiger partial charge in [-0.1, -0.05) is 6.42 Å². The number of aliphatic carboxylic acids is 1. The van der Waals surface area contributed by atoms with Crippen LogP contribution in [0.1, 0.15) is 46.0 Å². The fourth-order valence-corrected chi connectivity index (χ4v) is 3.23. The smallest absolute Gasteiger partial charge is 0.307 e. The van der Waals surface area contributed by atoms with Gasteiger partial charge in [-0.3, -0.25) is 9.59 Å². The van der Waals surface area contributed by atoms with E-state index in [2.05, 4.69) is 5.32 Å². The largest absolute Gasteiger partial charge is 0.481 e. The van der Waals surface area contributed by atoms with Crippen LogP contribution in [0.4, 0.5) is 0 Å². The summed E-state index contributed by atoms with van der Waals surface area (Å²) in [6, 6.07) is 0.103. The summed E-state index contributed by atoms with van der Waals surface area (Å²) >= 11 is 0. The van der Waals surface area contributed by atoms with Gasteiger partial charge in [0.1, 0.15) is 0 Å². The molecule has 2 N–H and O–H groups in total. The number of carbonyl (C=O) groups is 2. The van der Waals surface area contributed by atoms with Crippen molar-refractivity contribution in [3.05, 3.63) is 0 Å². The molecule has 1 unspecified atom stereocenters. The molecule has 1 amide bonds. The minimum Gasteiger partial charge on any atom is -0.481 e. The van der Waals surface area contributed by atoms with Gasteiger partial charge in [0.05, 0.1) is 17.4 Å². The standard InChI is InChI=1S/C14H23NO4/c1-14(2)8-9(6-7-19-14)15-12(16)10-4-3-5-11(10)13(17)18/h9-11H,3-8H2,1-2H3,(H,15,16)(H,17,18)/t9?,10-,11+/m1/s1. The molecule has 2 fully saturated rings. The highest BCUT2D eigenvalue weighted by Gasteiger charge is 2.39. The molecule has 0 aromatic rings. The van der Waals surface area contributed by atoms with E-state index >= 15 is 0 Å². The van der Waals surface area contributed by atoms with Crippen molar-refractivity contribution < 1.29 is 19.4 Å². The van der Waals surface area contributed by atoms with E-state index < -0.39 is 11.9 Å². The lowest BCUT2D eigenvalue weighted by Crippen LogP contribution is -2.48. The van der Waals surface area contributed by atoms with Crippen LogP contribution in [0.2, 0.25) is 0 Å². The zero-order chi connectivity index (χ0) is 14.0. The fourth-order valence-electron chi connectivity index (χ4n) is 3.23. The summed E-state index contributed by atoms with van der Waals surface area (Å²) in [5.74, 6) is -1.80. The van der Waals surface area contributed by atoms with E-state index in [-0.39, 0.29) is 23.5 Å². The Morgan fingerprint density at radius 3 is 2.53 bits per heavy atom. The van der Waals surface area contributed by atoms with Crippen molar-refractivity contribution in [1.29, 1.82) is 0 Å². The summed E-state index contributed by atoms with van der Waals surface area (Å²) in [5, 5.41) is 12.1. The van der Waals surface area contributed by atoms with Gasteiger partial charge in [-0.15, -0.1) is 0 Å². The number of ether oxygens (including phenoxy) is 1. The Kier molecular flexibility index (Phi) is 4.13. The Morgan fingerprint density at radius 2 is 1.89 bits per heavy atom. The normalized spacial score (nSPS) is 33.9. The van der Waals surface area contributed by atoms with Crippen molar-refractivity contribution in [3.63, 3.8) is 0 Å². The quantitative estimate of drug-likeness (QED) is 0.815. The molecule has 1 aliphatic carbocycles. The molecule has 1 saturated heterocycles. The highest BCUT2D eigenvalue weighted by molar-refractivity contribution is 5.85. The maximum Gasteiger partial charge on any atom is 0.307 e. The predicted octanol–water partition coefficient (Wildman–Crippen LogP) is 1.56. The molecule has 3 atom stereocenters. The summed E-state index contributed by atoms with van der Waals surface area (Å²) in [4.78, 5) is 23.3. The Bertz CT molecular complexity index is 366. The molecule has 1 saturated carbocycles. The Labute approximate surface area is 113 Å². The number of hydrogen-bond donors (Lipinski definition) is 2. The second-order valence-electron chi connectivity index (χ2n) is 6.29. The molecule has 19 heavy (non-hydrogen) atoms. The molecule has 0 spiro atoms. The second-order valence-corrected chi connectivity index (χ2v) is 6.29. The Morgan fingerprint density at radius 1 is 1.21 bits per heavy atom. The third kappa shape index (κ3) is 3.47. The van der Waals surface area contributed by atoms with Gasteiger partial charge in [-0.2, -0.15) is 0 Å². The van der Waals surface area contributed by atoms with Gasteiger partial charge in [0.2, 0.25) is 5.91 Å². The lowest BCUT2D eigenvalue weighted by atomic mass is 9.91. The maximum atomic E-state index is 12.2. The number of rotatable bonds is 3. The van der Waals surface area contributed by atoms with Gasteiger partial charge in [-0.25, -0.2) is 0 Å². The van der Waals surface area contributed by atoms with Crippen molar-refractivity contribution in [2.45, 2.75) is 57.6 Å². The average Bonchev–Trinajstić information content (AvgIpc) is 2.76. The van der Waals surface area contributed by atoms with Gasteiger partial charge in [-0.05, 0) is 39.5 Å². The highest BCUT2D eigenvalue weighted by atomic mass is 16.5. The van der Waals surface area contributed by atoms with Crippen LogP contribution in [-0.4, -0.2) is 35.2 Å². The van der Waals surface area contributed by atoms with E-state index in [4.69, 9.17) is 9.84 Å². The number of hydrogen-bond acceptors (Lipinski definition) is 3. The average molecular weight is 269 g/mol. The van der Waals surface area contributed by atoms with E-state index in [1.165, 1.54) is 0 Å². The number of carbonyl (C=O) groups excluding carboxylic acids is 1. The lowest BCUT2D eigenvalue weighted by molar-refractivity contribution is -0.146. The third-order valence-corrected chi connectivity index (χ3v) is 4.21. The number of amides is 1. The molecule has 2 rings (SSSR count). The number of carboxylic acids is 1. The summed E-state index contributed by atoms with van der Waals surface area (Å²) in [6.45, 7) is 4.67. The molecule has 0 aromatic heterocycles. The van der Waals surface area contributed by atoms with Crippen LogP contribution in [0.15, 0.2) is 0 Å². The van der Waals surface area contributed by atoms with Gasteiger partial charge in [0.15, 0.2) is 0 Å². The van der Waals surface area contributed by atoms with Crippen LogP contribution < -0.4 is 5.32 Å². The van der Waals surface area contributed by atoms with E-state index in [0.29, 0.717) is 19.4 Å². The van der Waals surface area contributed by atoms with Gasteiger partial charge in [0.25, 0.3) is 0 Å². The van der Waals surface area contributed by atoms with Crippen LogP contribution in [0.3, 0.4) is 0 Å². The lowest BCUT2D eigenvalue weighted by Gasteiger charge is -2.36. The molecular formula is C14H23NO4. The zero-order valence-electron chi connectivity index (χ0n) is 11.6. The predicted molar refractivity (Wildman–Crippen MR) is 69.7 cm³/mol. The summed E-state index contributed by atoms with van der Waals surface area (Å²) in [5.41, 5.74) is -0.210. The molecule has 5 heteroatoms. The van der Waals surface area contributed by atoms with Crippen molar-refractivity contribution in [2.24, 2.45) is 11.8 Å². The van der Waals surface area contributed by atoms with E-state index in [1.54, 1.807) is 0 Å². The van der Waals surface area contributed by atoms with Gasteiger partial charge in [0, 0.05) is 12.6 Å². The van der Waals surface area contributed by atoms with Crippen LogP contribution >= 0.6 is 0 Å². The molecule has 1 aliphatic heterocycles. The molecule has 108 valence electrons. The number of nitrogens with one attached hydrogen (secondary N) is 1. The SMILES string of the molecule is CC1(C)CC(NC(=O)[C@@H]2CCC[C@@H]2C(=O)O)CCO1.